The largest absolute Gasteiger partial charge is 0.494 e. The van der Waals surface area contributed by atoms with Gasteiger partial charge in [0.15, 0.2) is 12.4 Å². The molecule has 3 rings (SSSR count). The fourth-order valence-corrected chi connectivity index (χ4v) is 2.69. The summed E-state index contributed by atoms with van der Waals surface area (Å²) in [6.07, 6.45) is 0. The third kappa shape index (κ3) is 3.74. The molecule has 6 nitrogen and oxygen atoms in total. The highest BCUT2D eigenvalue weighted by Crippen LogP contribution is 2.32. The molecular weight excluding hydrogens is 320 g/mol. The first-order chi connectivity index (χ1) is 12.1. The molecule has 0 saturated carbocycles. The van der Waals surface area contributed by atoms with E-state index in [1.165, 1.54) is 0 Å². The number of fused-ring (bicyclic) bond motifs is 1. The van der Waals surface area contributed by atoms with Crippen LogP contribution in [0.3, 0.4) is 0 Å². The molecule has 1 aliphatic rings. The highest BCUT2D eigenvalue weighted by atomic mass is 16.5. The van der Waals surface area contributed by atoms with Gasteiger partial charge in [-0.2, -0.15) is 0 Å². The lowest BCUT2D eigenvalue weighted by atomic mass is 10.1. The lowest BCUT2D eigenvalue weighted by Crippen LogP contribution is -2.30. The number of hydrogen-bond acceptors (Lipinski definition) is 4. The molecule has 1 unspecified atom stereocenters. The Hall–Kier alpha value is -3.02. The number of carbonyl (C=O) groups excluding carboxylic acids is 2. The number of anilines is 1. The second kappa shape index (κ2) is 7.25. The van der Waals surface area contributed by atoms with Crippen molar-refractivity contribution in [1.82, 2.24) is 5.32 Å². The molecule has 0 fully saturated rings. The number of rotatable bonds is 5. The minimum atomic E-state index is -0.262. The Morgan fingerprint density at radius 1 is 1.32 bits per heavy atom. The second-order valence-corrected chi connectivity index (χ2v) is 5.72. The zero-order chi connectivity index (χ0) is 17.8. The van der Waals surface area contributed by atoms with Gasteiger partial charge in [0.25, 0.3) is 11.8 Å². The van der Waals surface area contributed by atoms with E-state index in [0.717, 1.165) is 11.3 Å². The molecule has 0 aliphatic carbocycles. The number of carbonyl (C=O) groups is 2. The number of amides is 2. The molecule has 0 saturated heterocycles. The van der Waals surface area contributed by atoms with E-state index in [9.17, 15) is 9.59 Å². The van der Waals surface area contributed by atoms with Crippen LogP contribution in [0.1, 0.15) is 35.8 Å². The minimum Gasteiger partial charge on any atom is -0.494 e. The van der Waals surface area contributed by atoms with Gasteiger partial charge < -0.3 is 20.1 Å². The minimum absolute atomic E-state index is 0.0940. The molecular formula is C19H20N2O4. The van der Waals surface area contributed by atoms with E-state index in [2.05, 4.69) is 10.6 Å². The van der Waals surface area contributed by atoms with Crippen LogP contribution in [0.4, 0.5) is 5.69 Å². The summed E-state index contributed by atoms with van der Waals surface area (Å²) >= 11 is 0. The van der Waals surface area contributed by atoms with Gasteiger partial charge in [-0.3, -0.25) is 9.59 Å². The summed E-state index contributed by atoms with van der Waals surface area (Å²) in [4.78, 5) is 24.1. The van der Waals surface area contributed by atoms with Crippen molar-refractivity contribution >= 4 is 17.5 Å². The molecule has 25 heavy (non-hydrogen) atoms. The highest BCUT2D eigenvalue weighted by molar-refractivity contribution is 6.03. The maximum atomic E-state index is 12.7. The maximum Gasteiger partial charge on any atom is 0.262 e. The Morgan fingerprint density at radius 2 is 2.12 bits per heavy atom. The number of ether oxygens (including phenoxy) is 2. The van der Waals surface area contributed by atoms with Crippen molar-refractivity contribution in [2.45, 2.75) is 19.9 Å². The average Bonchev–Trinajstić information content (AvgIpc) is 2.61. The lowest BCUT2D eigenvalue weighted by molar-refractivity contribution is -0.118. The van der Waals surface area contributed by atoms with E-state index in [1.54, 1.807) is 18.2 Å². The maximum absolute atomic E-state index is 12.7. The highest BCUT2D eigenvalue weighted by Gasteiger charge is 2.23. The Labute approximate surface area is 146 Å². The van der Waals surface area contributed by atoms with Crippen LogP contribution in [0.2, 0.25) is 0 Å². The number of para-hydroxylation sites is 1. The Kier molecular flexibility index (Phi) is 4.88. The molecule has 1 aliphatic heterocycles. The molecule has 6 heteroatoms. The molecule has 2 aromatic carbocycles. The predicted octanol–water partition coefficient (Wildman–Crippen LogP) is 2.91. The van der Waals surface area contributed by atoms with Gasteiger partial charge in [0, 0.05) is 0 Å². The van der Waals surface area contributed by atoms with E-state index in [0.29, 0.717) is 23.6 Å². The molecule has 0 aromatic heterocycles. The monoisotopic (exact) mass is 340 g/mol. The standard InChI is InChI=1S/C19H20N2O4/c1-3-24-14-7-4-6-13(10-14)12(2)20-19(23)15-8-5-9-16-18(15)25-11-17(22)21-16/h4-10,12H,3,11H2,1-2H3,(H,20,23)(H,21,22). The summed E-state index contributed by atoms with van der Waals surface area (Å²) < 4.78 is 10.9. The van der Waals surface area contributed by atoms with Crippen molar-refractivity contribution in [2.75, 3.05) is 18.5 Å². The molecule has 0 radical (unpaired) electrons. The third-order valence-electron chi connectivity index (χ3n) is 3.90. The van der Waals surface area contributed by atoms with Gasteiger partial charge in [0.2, 0.25) is 0 Å². The van der Waals surface area contributed by atoms with Gasteiger partial charge in [-0.15, -0.1) is 0 Å². The van der Waals surface area contributed by atoms with Crippen LogP contribution < -0.4 is 20.1 Å². The molecule has 2 N–H and O–H groups in total. The van der Waals surface area contributed by atoms with E-state index in [-0.39, 0.29) is 24.5 Å². The number of benzene rings is 2. The van der Waals surface area contributed by atoms with Gasteiger partial charge in [-0.05, 0) is 43.7 Å². The fraction of sp³-hybridized carbons (Fsp3) is 0.263. The van der Waals surface area contributed by atoms with Gasteiger partial charge in [-0.25, -0.2) is 0 Å². The summed E-state index contributed by atoms with van der Waals surface area (Å²) in [5.41, 5.74) is 1.85. The number of nitrogens with one attached hydrogen (secondary N) is 2. The van der Waals surface area contributed by atoms with Crippen LogP contribution in [0.15, 0.2) is 42.5 Å². The van der Waals surface area contributed by atoms with Crippen LogP contribution in [-0.2, 0) is 4.79 Å². The summed E-state index contributed by atoms with van der Waals surface area (Å²) in [6, 6.07) is 12.5. The van der Waals surface area contributed by atoms with Crippen molar-refractivity contribution in [2.24, 2.45) is 0 Å². The number of hydrogen-bond donors (Lipinski definition) is 2. The summed E-state index contributed by atoms with van der Waals surface area (Å²) in [7, 11) is 0. The molecule has 130 valence electrons. The zero-order valence-corrected chi connectivity index (χ0v) is 14.2. The Bertz CT molecular complexity index is 804. The van der Waals surface area contributed by atoms with E-state index >= 15 is 0 Å². The van der Waals surface area contributed by atoms with Gasteiger partial charge in [0.1, 0.15) is 5.75 Å². The third-order valence-corrected chi connectivity index (χ3v) is 3.90. The van der Waals surface area contributed by atoms with Crippen LogP contribution in [-0.4, -0.2) is 25.0 Å². The van der Waals surface area contributed by atoms with Gasteiger partial charge in [-0.1, -0.05) is 18.2 Å². The van der Waals surface area contributed by atoms with Crippen LogP contribution in [0, 0.1) is 0 Å². The van der Waals surface area contributed by atoms with Gasteiger partial charge in [0.05, 0.1) is 23.9 Å². The molecule has 0 bridgehead atoms. The normalized spacial score (nSPS) is 13.9. The first kappa shape index (κ1) is 16.8. The molecule has 2 amide bonds. The first-order valence-electron chi connectivity index (χ1n) is 8.17. The molecule has 0 spiro atoms. The lowest BCUT2D eigenvalue weighted by Gasteiger charge is -2.21. The van der Waals surface area contributed by atoms with Gasteiger partial charge >= 0.3 is 0 Å². The molecule has 1 heterocycles. The average molecular weight is 340 g/mol. The Morgan fingerprint density at radius 3 is 2.92 bits per heavy atom. The van der Waals surface area contributed by atoms with Crippen LogP contribution in [0.25, 0.3) is 0 Å². The van der Waals surface area contributed by atoms with Crippen molar-refractivity contribution in [3.05, 3.63) is 53.6 Å². The van der Waals surface area contributed by atoms with E-state index in [1.807, 2.05) is 38.1 Å². The summed E-state index contributed by atoms with van der Waals surface area (Å²) in [6.45, 7) is 4.32. The van der Waals surface area contributed by atoms with E-state index in [4.69, 9.17) is 9.47 Å². The van der Waals surface area contributed by atoms with E-state index < -0.39 is 0 Å². The van der Waals surface area contributed by atoms with Crippen LogP contribution in [0.5, 0.6) is 11.5 Å². The van der Waals surface area contributed by atoms with Crippen molar-refractivity contribution < 1.29 is 19.1 Å². The topological polar surface area (TPSA) is 76.7 Å². The van der Waals surface area contributed by atoms with Crippen molar-refractivity contribution in [3.63, 3.8) is 0 Å². The SMILES string of the molecule is CCOc1cccc(C(C)NC(=O)c2cccc3c2OCC(=O)N3)c1. The fourth-order valence-electron chi connectivity index (χ4n) is 2.69. The quantitative estimate of drug-likeness (QED) is 0.877. The smallest absolute Gasteiger partial charge is 0.262 e. The first-order valence-corrected chi connectivity index (χ1v) is 8.17. The van der Waals surface area contributed by atoms with Crippen molar-refractivity contribution in [3.8, 4) is 11.5 Å². The van der Waals surface area contributed by atoms with Crippen molar-refractivity contribution in [1.29, 1.82) is 0 Å². The zero-order valence-electron chi connectivity index (χ0n) is 14.2. The molecule has 2 aromatic rings. The summed E-state index contributed by atoms with van der Waals surface area (Å²) in [5, 5.41) is 5.66. The predicted molar refractivity (Wildman–Crippen MR) is 94.1 cm³/mol. The summed E-state index contributed by atoms with van der Waals surface area (Å²) in [5.74, 6) is 0.674. The Balaban J connectivity index is 1.77. The second-order valence-electron chi connectivity index (χ2n) is 5.72. The molecule has 1 atom stereocenters. The van der Waals surface area contributed by atoms with Crippen LogP contribution >= 0.6 is 0 Å².